The first kappa shape index (κ1) is 22.2. The number of aromatic nitrogens is 2. The molecule has 2 heterocycles. The molecule has 0 unspecified atom stereocenters. The first-order valence-corrected chi connectivity index (χ1v) is 12.6. The summed E-state index contributed by atoms with van der Waals surface area (Å²) < 4.78 is 5.65. The van der Waals surface area contributed by atoms with Crippen molar-refractivity contribution in [3.05, 3.63) is 49.8 Å². The van der Waals surface area contributed by atoms with Crippen LogP contribution in [0.3, 0.4) is 0 Å². The van der Waals surface area contributed by atoms with Crippen LogP contribution in [0.15, 0.2) is 23.0 Å². The van der Waals surface area contributed by atoms with Crippen molar-refractivity contribution in [1.82, 2.24) is 9.97 Å². The standard InChI is InChI=1S/C22H24ClN3O3S2/c1-12(2)9-29-16-7-6-13(8-15(16)23)24-19(27)11-30-10-18-25-21(28)20-14-4-3-5-17(14)31-22(20)26-18/h6-8,12H,3-5,9-11H2,1-2H3,(H,24,27)(H,25,26,28). The Hall–Kier alpha value is -2.03. The molecule has 3 aromatic rings. The summed E-state index contributed by atoms with van der Waals surface area (Å²) in [6.07, 6.45) is 3.11. The molecule has 1 amide bonds. The fourth-order valence-electron chi connectivity index (χ4n) is 3.50. The maximum atomic E-state index is 12.5. The number of aromatic amines is 1. The van der Waals surface area contributed by atoms with Gasteiger partial charge in [0.25, 0.3) is 5.56 Å². The van der Waals surface area contributed by atoms with Crippen molar-refractivity contribution in [2.75, 3.05) is 17.7 Å². The van der Waals surface area contributed by atoms with Crippen LogP contribution in [0.25, 0.3) is 10.2 Å². The van der Waals surface area contributed by atoms with E-state index in [-0.39, 0.29) is 17.2 Å². The summed E-state index contributed by atoms with van der Waals surface area (Å²) in [7, 11) is 0. The third-order valence-electron chi connectivity index (χ3n) is 4.88. The Kier molecular flexibility index (Phi) is 6.89. The second kappa shape index (κ2) is 9.63. The lowest BCUT2D eigenvalue weighted by molar-refractivity contribution is -0.113. The molecule has 9 heteroatoms. The molecule has 4 rings (SSSR count). The number of benzene rings is 1. The minimum atomic E-state index is -0.143. The quantitative estimate of drug-likeness (QED) is 0.475. The highest BCUT2D eigenvalue weighted by Gasteiger charge is 2.21. The van der Waals surface area contributed by atoms with Crippen LogP contribution in [-0.4, -0.2) is 28.2 Å². The molecule has 2 N–H and O–H groups in total. The zero-order chi connectivity index (χ0) is 22.0. The van der Waals surface area contributed by atoms with Gasteiger partial charge in [0.1, 0.15) is 16.4 Å². The average Bonchev–Trinajstić information content (AvgIpc) is 3.28. The molecular formula is C22H24ClN3O3S2. The number of thioether (sulfide) groups is 1. The topological polar surface area (TPSA) is 84.1 Å². The molecule has 164 valence electrons. The van der Waals surface area contributed by atoms with Crippen molar-refractivity contribution in [2.24, 2.45) is 5.92 Å². The minimum Gasteiger partial charge on any atom is -0.492 e. The lowest BCUT2D eigenvalue weighted by atomic mass is 10.2. The fraction of sp³-hybridized carbons (Fsp3) is 0.409. The van der Waals surface area contributed by atoms with Crippen LogP contribution in [0.5, 0.6) is 5.75 Å². The van der Waals surface area contributed by atoms with Gasteiger partial charge in [0.05, 0.1) is 28.5 Å². The van der Waals surface area contributed by atoms with Gasteiger partial charge >= 0.3 is 0 Å². The number of carbonyl (C=O) groups is 1. The smallest absolute Gasteiger partial charge is 0.259 e. The van der Waals surface area contributed by atoms with Crippen LogP contribution in [0, 0.1) is 5.92 Å². The van der Waals surface area contributed by atoms with E-state index in [2.05, 4.69) is 29.1 Å². The van der Waals surface area contributed by atoms with E-state index in [0.29, 0.717) is 40.6 Å². The van der Waals surface area contributed by atoms with E-state index in [1.54, 1.807) is 29.5 Å². The van der Waals surface area contributed by atoms with Gasteiger partial charge in [0.15, 0.2) is 0 Å². The summed E-state index contributed by atoms with van der Waals surface area (Å²) in [5.41, 5.74) is 1.72. The van der Waals surface area contributed by atoms with Gasteiger partial charge in [-0.2, -0.15) is 0 Å². The van der Waals surface area contributed by atoms with Crippen molar-refractivity contribution in [3.63, 3.8) is 0 Å². The summed E-state index contributed by atoms with van der Waals surface area (Å²) >= 11 is 9.27. The van der Waals surface area contributed by atoms with E-state index in [9.17, 15) is 9.59 Å². The second-order valence-corrected chi connectivity index (χ2v) is 10.4. The highest BCUT2D eigenvalue weighted by Crippen LogP contribution is 2.34. The predicted molar refractivity (Wildman–Crippen MR) is 129 cm³/mol. The van der Waals surface area contributed by atoms with E-state index in [4.69, 9.17) is 16.3 Å². The van der Waals surface area contributed by atoms with Crippen molar-refractivity contribution >= 4 is 56.5 Å². The number of H-pyrrole nitrogens is 1. The highest BCUT2D eigenvalue weighted by molar-refractivity contribution is 7.99. The number of rotatable bonds is 8. The van der Waals surface area contributed by atoms with Gasteiger partial charge in [-0.05, 0) is 48.9 Å². The van der Waals surface area contributed by atoms with Gasteiger partial charge in [0, 0.05) is 10.6 Å². The molecule has 6 nitrogen and oxygen atoms in total. The maximum absolute atomic E-state index is 12.5. The SMILES string of the molecule is CC(C)COc1ccc(NC(=O)CSCc2nc3sc4c(c3c(=O)[nH]2)CCC4)cc1Cl. The number of aryl methyl sites for hydroxylation is 2. The number of hydrogen-bond donors (Lipinski definition) is 2. The number of amides is 1. The molecule has 1 aliphatic carbocycles. The van der Waals surface area contributed by atoms with Crippen LogP contribution >= 0.6 is 34.7 Å². The normalized spacial score (nSPS) is 13.0. The van der Waals surface area contributed by atoms with Gasteiger partial charge in [-0.3, -0.25) is 9.59 Å². The number of ether oxygens (including phenoxy) is 1. The zero-order valence-electron chi connectivity index (χ0n) is 17.4. The van der Waals surface area contributed by atoms with Crippen molar-refractivity contribution < 1.29 is 9.53 Å². The van der Waals surface area contributed by atoms with Gasteiger partial charge < -0.3 is 15.0 Å². The molecule has 0 fully saturated rings. The van der Waals surface area contributed by atoms with Crippen LogP contribution in [0.4, 0.5) is 5.69 Å². The Balaban J connectivity index is 1.31. The summed E-state index contributed by atoms with van der Waals surface area (Å²) in [6.45, 7) is 4.71. The molecule has 0 radical (unpaired) electrons. The Morgan fingerprint density at radius 2 is 2.23 bits per heavy atom. The zero-order valence-corrected chi connectivity index (χ0v) is 19.8. The van der Waals surface area contributed by atoms with Gasteiger partial charge in [-0.15, -0.1) is 23.1 Å². The molecule has 0 saturated heterocycles. The van der Waals surface area contributed by atoms with Crippen LogP contribution in [-0.2, 0) is 23.4 Å². The minimum absolute atomic E-state index is 0.0705. The summed E-state index contributed by atoms with van der Waals surface area (Å²) in [5, 5.41) is 4.05. The number of halogens is 1. The Morgan fingerprint density at radius 3 is 3.00 bits per heavy atom. The van der Waals surface area contributed by atoms with E-state index in [0.717, 1.165) is 29.5 Å². The van der Waals surface area contributed by atoms with Crippen molar-refractivity contribution in [1.29, 1.82) is 0 Å². The third kappa shape index (κ3) is 5.25. The number of nitrogens with zero attached hydrogens (tertiary/aromatic N) is 1. The predicted octanol–water partition coefficient (Wildman–Crippen LogP) is 5.03. The molecular weight excluding hydrogens is 454 g/mol. The molecule has 0 spiro atoms. The third-order valence-corrected chi connectivity index (χ3v) is 7.31. The molecule has 0 atom stereocenters. The lowest BCUT2D eigenvalue weighted by Gasteiger charge is -2.12. The molecule has 0 saturated carbocycles. The van der Waals surface area contributed by atoms with E-state index in [1.165, 1.54) is 22.2 Å². The van der Waals surface area contributed by atoms with E-state index < -0.39 is 0 Å². The number of nitrogens with one attached hydrogen (secondary N) is 2. The van der Waals surface area contributed by atoms with Crippen LogP contribution in [0.2, 0.25) is 5.02 Å². The summed E-state index contributed by atoms with van der Waals surface area (Å²) in [6, 6.07) is 5.21. The largest absolute Gasteiger partial charge is 0.492 e. The number of carbonyl (C=O) groups excluding carboxylic acids is 1. The second-order valence-electron chi connectivity index (χ2n) is 7.94. The average molecular weight is 478 g/mol. The molecule has 2 aromatic heterocycles. The van der Waals surface area contributed by atoms with Gasteiger partial charge in [-0.25, -0.2) is 4.98 Å². The van der Waals surface area contributed by atoms with Crippen molar-refractivity contribution in [3.8, 4) is 5.75 Å². The fourth-order valence-corrected chi connectivity index (χ4v) is 5.71. The van der Waals surface area contributed by atoms with E-state index >= 15 is 0 Å². The van der Waals surface area contributed by atoms with Gasteiger partial charge in [-0.1, -0.05) is 25.4 Å². The van der Waals surface area contributed by atoms with Crippen LogP contribution in [0.1, 0.15) is 36.5 Å². The number of fused-ring (bicyclic) bond motifs is 3. The molecule has 0 bridgehead atoms. The molecule has 0 aliphatic heterocycles. The van der Waals surface area contributed by atoms with E-state index in [1.807, 2.05) is 0 Å². The Bertz CT molecular complexity index is 1170. The monoisotopic (exact) mass is 477 g/mol. The molecule has 1 aromatic carbocycles. The molecule has 1 aliphatic rings. The summed E-state index contributed by atoms with van der Waals surface area (Å²) in [4.78, 5) is 34.4. The van der Waals surface area contributed by atoms with Crippen molar-refractivity contribution in [2.45, 2.75) is 38.9 Å². The number of thiophene rings is 1. The summed E-state index contributed by atoms with van der Waals surface area (Å²) in [5.74, 6) is 2.17. The Morgan fingerprint density at radius 1 is 1.39 bits per heavy atom. The number of anilines is 1. The first-order chi connectivity index (χ1) is 14.9. The lowest BCUT2D eigenvalue weighted by Crippen LogP contribution is -2.15. The first-order valence-electron chi connectivity index (χ1n) is 10.2. The Labute approximate surface area is 193 Å². The maximum Gasteiger partial charge on any atom is 0.259 e. The highest BCUT2D eigenvalue weighted by atomic mass is 35.5. The molecule has 31 heavy (non-hydrogen) atoms. The number of hydrogen-bond acceptors (Lipinski definition) is 6. The van der Waals surface area contributed by atoms with Gasteiger partial charge in [0.2, 0.25) is 5.91 Å². The van der Waals surface area contributed by atoms with Crippen LogP contribution < -0.4 is 15.6 Å².